The second-order valence-electron chi connectivity index (χ2n) is 6.57. The lowest BCUT2D eigenvalue weighted by molar-refractivity contribution is 0.101. The Balaban J connectivity index is 2.01. The van der Waals surface area contributed by atoms with Crippen LogP contribution < -0.4 is 5.32 Å². The van der Waals surface area contributed by atoms with E-state index >= 15 is 0 Å². The van der Waals surface area contributed by atoms with Crippen molar-refractivity contribution in [3.63, 3.8) is 0 Å². The van der Waals surface area contributed by atoms with Crippen LogP contribution in [0.2, 0.25) is 0 Å². The van der Waals surface area contributed by atoms with Gasteiger partial charge in [-0.3, -0.25) is 4.79 Å². The summed E-state index contributed by atoms with van der Waals surface area (Å²) in [7, 11) is 0. The molecule has 0 radical (unpaired) electrons. The van der Waals surface area contributed by atoms with E-state index in [0.717, 1.165) is 32.4 Å². The number of ketones is 1. The zero-order chi connectivity index (χ0) is 15.5. The zero-order valence-corrected chi connectivity index (χ0v) is 13.1. The molecule has 1 heterocycles. The third-order valence-corrected chi connectivity index (χ3v) is 4.15. The number of carbonyl (C=O) groups excluding carboxylic acids is 2. The Hall–Kier alpha value is -1.84. The summed E-state index contributed by atoms with van der Waals surface area (Å²) in [6.45, 7) is 7.61. The summed E-state index contributed by atoms with van der Waals surface area (Å²) >= 11 is 0. The minimum atomic E-state index is -0.0756. The van der Waals surface area contributed by atoms with Crippen LogP contribution in [0.4, 0.5) is 10.5 Å². The minimum Gasteiger partial charge on any atom is -0.325 e. The number of Topliss-reactive ketones (excluding diaryl/α,β-unsaturated/α-hetero) is 1. The number of amides is 2. The molecule has 2 rings (SSSR count). The molecule has 114 valence electrons. The predicted molar refractivity (Wildman–Crippen MR) is 84.7 cm³/mol. The second-order valence-corrected chi connectivity index (χ2v) is 6.57. The molecule has 0 atom stereocenters. The molecule has 2 amide bonds. The van der Waals surface area contributed by atoms with Gasteiger partial charge < -0.3 is 10.2 Å². The second kappa shape index (κ2) is 6.29. The van der Waals surface area contributed by atoms with Gasteiger partial charge in [-0.2, -0.15) is 0 Å². The van der Waals surface area contributed by atoms with E-state index in [0.29, 0.717) is 16.7 Å². The van der Waals surface area contributed by atoms with Gasteiger partial charge in [0.25, 0.3) is 0 Å². The summed E-state index contributed by atoms with van der Waals surface area (Å²) in [6, 6.07) is 7.01. The Labute approximate surface area is 126 Å². The number of nitrogens with one attached hydrogen (secondary N) is 1. The molecule has 0 bridgehead atoms. The highest BCUT2D eigenvalue weighted by Crippen LogP contribution is 2.29. The summed E-state index contributed by atoms with van der Waals surface area (Å²) in [5.74, 6) is 0.00243. The summed E-state index contributed by atoms with van der Waals surface area (Å²) in [5.41, 5.74) is 1.60. The van der Waals surface area contributed by atoms with Crippen molar-refractivity contribution in [1.29, 1.82) is 0 Å². The Kier molecular flexibility index (Phi) is 4.66. The molecule has 0 spiro atoms. The number of rotatable bonds is 2. The molecule has 1 aromatic rings. The number of hydrogen-bond donors (Lipinski definition) is 1. The monoisotopic (exact) mass is 288 g/mol. The Bertz CT molecular complexity index is 537. The summed E-state index contributed by atoms with van der Waals surface area (Å²) < 4.78 is 0. The van der Waals surface area contributed by atoms with Crippen LogP contribution in [0.25, 0.3) is 0 Å². The van der Waals surface area contributed by atoms with E-state index in [4.69, 9.17) is 0 Å². The Morgan fingerprint density at radius 1 is 1.19 bits per heavy atom. The first-order chi connectivity index (χ1) is 9.87. The van der Waals surface area contributed by atoms with Gasteiger partial charge in [0.2, 0.25) is 0 Å². The maximum Gasteiger partial charge on any atom is 0.321 e. The molecule has 1 saturated heterocycles. The van der Waals surface area contributed by atoms with Crippen LogP contribution >= 0.6 is 0 Å². The van der Waals surface area contributed by atoms with Crippen molar-refractivity contribution in [3.8, 4) is 0 Å². The normalized spacial score (nSPS) is 18.0. The summed E-state index contributed by atoms with van der Waals surface area (Å²) in [5, 5.41) is 2.90. The fourth-order valence-electron chi connectivity index (χ4n) is 2.64. The quantitative estimate of drug-likeness (QED) is 0.838. The first-order valence-electron chi connectivity index (χ1n) is 7.54. The molecule has 1 fully saturated rings. The third kappa shape index (κ3) is 4.31. The van der Waals surface area contributed by atoms with Crippen LogP contribution in [0.1, 0.15) is 50.4 Å². The number of benzene rings is 1. The molecule has 1 aliphatic rings. The predicted octanol–water partition coefficient (Wildman–Crippen LogP) is 3.93. The molecule has 1 N–H and O–H groups in total. The smallest absolute Gasteiger partial charge is 0.321 e. The fraction of sp³-hybridized carbons (Fsp3) is 0.529. The molecule has 0 aromatic heterocycles. The van der Waals surface area contributed by atoms with E-state index in [1.807, 2.05) is 11.0 Å². The number of anilines is 1. The fourth-order valence-corrected chi connectivity index (χ4v) is 2.64. The highest BCUT2D eigenvalue weighted by molar-refractivity contribution is 5.96. The highest BCUT2D eigenvalue weighted by atomic mass is 16.2. The van der Waals surface area contributed by atoms with Crippen molar-refractivity contribution in [2.45, 2.75) is 40.0 Å². The molecule has 0 saturated carbocycles. The van der Waals surface area contributed by atoms with E-state index in [2.05, 4.69) is 19.2 Å². The number of urea groups is 1. The average Bonchev–Trinajstić information content (AvgIpc) is 2.60. The van der Waals surface area contributed by atoms with Crippen LogP contribution in [0.5, 0.6) is 0 Å². The Morgan fingerprint density at radius 2 is 1.95 bits per heavy atom. The van der Waals surface area contributed by atoms with Gasteiger partial charge in [0.1, 0.15) is 0 Å². The maximum absolute atomic E-state index is 12.3. The SMILES string of the molecule is CC(=O)c1cccc(NC(=O)N2CCCC(C)(C)CC2)c1. The zero-order valence-electron chi connectivity index (χ0n) is 13.1. The lowest BCUT2D eigenvalue weighted by Gasteiger charge is -2.23. The number of carbonyl (C=O) groups is 2. The standard InChI is InChI=1S/C17H24N2O2/c1-13(20)14-6-4-7-15(12-14)18-16(21)19-10-5-8-17(2,3)9-11-19/h4,6-7,12H,5,8-11H2,1-3H3,(H,18,21). The minimum absolute atomic E-state index is 0.00243. The largest absolute Gasteiger partial charge is 0.325 e. The highest BCUT2D eigenvalue weighted by Gasteiger charge is 2.25. The van der Waals surface area contributed by atoms with Crippen molar-refractivity contribution < 1.29 is 9.59 Å². The summed E-state index contributed by atoms with van der Waals surface area (Å²) in [6.07, 6.45) is 3.21. The molecular formula is C17H24N2O2. The first kappa shape index (κ1) is 15.5. The lowest BCUT2D eigenvalue weighted by Crippen LogP contribution is -2.36. The number of nitrogens with zero attached hydrogens (tertiary/aromatic N) is 1. The van der Waals surface area contributed by atoms with Gasteiger partial charge in [0.15, 0.2) is 5.78 Å². The topological polar surface area (TPSA) is 49.4 Å². The van der Waals surface area contributed by atoms with E-state index in [-0.39, 0.29) is 11.8 Å². The number of hydrogen-bond acceptors (Lipinski definition) is 2. The first-order valence-corrected chi connectivity index (χ1v) is 7.54. The van der Waals surface area contributed by atoms with Crippen LogP contribution in [0.3, 0.4) is 0 Å². The molecule has 4 heteroatoms. The molecule has 1 aromatic carbocycles. The van der Waals surface area contributed by atoms with Crippen LogP contribution in [0.15, 0.2) is 24.3 Å². The lowest BCUT2D eigenvalue weighted by atomic mass is 9.85. The van der Waals surface area contributed by atoms with Crippen LogP contribution in [0, 0.1) is 5.41 Å². The van der Waals surface area contributed by atoms with Gasteiger partial charge in [-0.25, -0.2) is 4.79 Å². The van der Waals surface area contributed by atoms with Crippen LogP contribution in [-0.4, -0.2) is 29.8 Å². The van der Waals surface area contributed by atoms with Gasteiger partial charge in [0.05, 0.1) is 0 Å². The van der Waals surface area contributed by atoms with E-state index in [1.165, 1.54) is 6.92 Å². The van der Waals surface area contributed by atoms with Gasteiger partial charge in [-0.1, -0.05) is 26.0 Å². The maximum atomic E-state index is 12.3. The third-order valence-electron chi connectivity index (χ3n) is 4.15. The van der Waals surface area contributed by atoms with Crippen molar-refractivity contribution >= 4 is 17.5 Å². The van der Waals surface area contributed by atoms with Gasteiger partial charge in [-0.15, -0.1) is 0 Å². The molecular weight excluding hydrogens is 264 g/mol. The van der Waals surface area contributed by atoms with Crippen LogP contribution in [-0.2, 0) is 0 Å². The van der Waals surface area contributed by atoms with Crippen molar-refractivity contribution in [1.82, 2.24) is 4.90 Å². The average molecular weight is 288 g/mol. The molecule has 4 nitrogen and oxygen atoms in total. The molecule has 0 unspecified atom stereocenters. The van der Waals surface area contributed by atoms with Gasteiger partial charge in [0, 0.05) is 24.3 Å². The molecule has 0 aliphatic carbocycles. The Morgan fingerprint density at radius 3 is 2.67 bits per heavy atom. The van der Waals surface area contributed by atoms with Crippen molar-refractivity contribution in [2.75, 3.05) is 18.4 Å². The molecule has 21 heavy (non-hydrogen) atoms. The molecule has 1 aliphatic heterocycles. The van der Waals surface area contributed by atoms with Gasteiger partial charge >= 0.3 is 6.03 Å². The van der Waals surface area contributed by atoms with E-state index < -0.39 is 0 Å². The van der Waals surface area contributed by atoms with E-state index in [9.17, 15) is 9.59 Å². The van der Waals surface area contributed by atoms with Gasteiger partial charge in [-0.05, 0) is 43.7 Å². The summed E-state index contributed by atoms with van der Waals surface area (Å²) in [4.78, 5) is 25.6. The number of likely N-dealkylation sites (tertiary alicyclic amines) is 1. The van der Waals surface area contributed by atoms with Crippen molar-refractivity contribution in [2.24, 2.45) is 5.41 Å². The van der Waals surface area contributed by atoms with Crippen molar-refractivity contribution in [3.05, 3.63) is 29.8 Å². The van der Waals surface area contributed by atoms with E-state index in [1.54, 1.807) is 18.2 Å².